The molecule has 0 heterocycles. The van der Waals surface area contributed by atoms with E-state index in [0.29, 0.717) is 35.3 Å². The summed E-state index contributed by atoms with van der Waals surface area (Å²) in [6, 6.07) is 11.3. The summed E-state index contributed by atoms with van der Waals surface area (Å²) in [6.07, 6.45) is 0.927. The molecule has 0 unspecified atom stereocenters. The first kappa shape index (κ1) is 15.0. The van der Waals surface area contributed by atoms with Gasteiger partial charge in [-0.3, -0.25) is 0 Å². The summed E-state index contributed by atoms with van der Waals surface area (Å²) in [5, 5.41) is 0. The second kappa shape index (κ2) is 6.88. The third kappa shape index (κ3) is 3.60. The summed E-state index contributed by atoms with van der Waals surface area (Å²) in [4.78, 5) is 0. The van der Waals surface area contributed by atoms with Crippen LogP contribution in [0, 0.1) is 6.92 Å². The van der Waals surface area contributed by atoms with Crippen molar-refractivity contribution in [3.05, 3.63) is 42.0 Å². The Kier molecular flexibility index (Phi) is 4.93. The van der Waals surface area contributed by atoms with Crippen LogP contribution in [0.4, 0.5) is 5.69 Å². The zero-order valence-corrected chi connectivity index (χ0v) is 12.7. The van der Waals surface area contributed by atoms with Gasteiger partial charge in [-0.1, -0.05) is 19.1 Å². The molecule has 2 N–H and O–H groups in total. The highest BCUT2D eigenvalue weighted by Gasteiger charge is 2.11. The number of hydrogen-bond acceptors (Lipinski definition) is 4. The zero-order chi connectivity index (χ0) is 15.2. The topological polar surface area (TPSA) is 53.7 Å². The van der Waals surface area contributed by atoms with E-state index < -0.39 is 0 Å². The van der Waals surface area contributed by atoms with Gasteiger partial charge in [-0.05, 0) is 43.2 Å². The van der Waals surface area contributed by atoms with E-state index in [9.17, 15) is 0 Å². The van der Waals surface area contributed by atoms with E-state index >= 15 is 0 Å². The number of rotatable bonds is 6. The normalized spacial score (nSPS) is 10.2. The molecule has 112 valence electrons. The van der Waals surface area contributed by atoms with Crippen LogP contribution in [0.15, 0.2) is 36.4 Å². The van der Waals surface area contributed by atoms with Gasteiger partial charge in [0, 0.05) is 0 Å². The van der Waals surface area contributed by atoms with Crippen LogP contribution in [0.2, 0.25) is 0 Å². The maximum Gasteiger partial charge on any atom is 0.169 e. The molecule has 0 saturated carbocycles. The van der Waals surface area contributed by atoms with E-state index in [-0.39, 0.29) is 0 Å². The van der Waals surface area contributed by atoms with Crippen LogP contribution < -0.4 is 19.9 Å². The molecule has 0 aliphatic heterocycles. The molecular weight excluding hydrogens is 266 g/mol. The summed E-state index contributed by atoms with van der Waals surface area (Å²) in [7, 11) is 1.62. The first-order chi connectivity index (χ1) is 10.2. The molecule has 2 aromatic carbocycles. The Balaban J connectivity index is 2.27. The fourth-order valence-corrected chi connectivity index (χ4v) is 1.93. The van der Waals surface area contributed by atoms with Crippen molar-refractivity contribution < 1.29 is 14.2 Å². The largest absolute Gasteiger partial charge is 0.493 e. The minimum atomic E-state index is 0.494. The van der Waals surface area contributed by atoms with Crippen molar-refractivity contribution in [1.82, 2.24) is 0 Å². The highest BCUT2D eigenvalue weighted by molar-refractivity contribution is 5.64. The van der Waals surface area contributed by atoms with E-state index in [0.717, 1.165) is 12.0 Å². The van der Waals surface area contributed by atoms with E-state index in [1.807, 2.05) is 50.2 Å². The molecule has 0 aliphatic rings. The predicted octanol–water partition coefficient (Wildman–Crippen LogP) is 4.17. The maximum absolute atomic E-state index is 6.10. The number of benzene rings is 2. The van der Waals surface area contributed by atoms with Crippen LogP contribution in [0.25, 0.3) is 0 Å². The van der Waals surface area contributed by atoms with Crippen LogP contribution in [-0.4, -0.2) is 13.7 Å². The summed E-state index contributed by atoms with van der Waals surface area (Å²) < 4.78 is 16.8. The van der Waals surface area contributed by atoms with Crippen molar-refractivity contribution in [2.45, 2.75) is 20.3 Å². The van der Waals surface area contributed by atoms with Crippen LogP contribution in [0.1, 0.15) is 18.9 Å². The van der Waals surface area contributed by atoms with Crippen LogP contribution in [0.3, 0.4) is 0 Å². The van der Waals surface area contributed by atoms with Crippen LogP contribution in [0.5, 0.6) is 23.0 Å². The molecule has 0 saturated heterocycles. The van der Waals surface area contributed by atoms with Crippen molar-refractivity contribution in [2.24, 2.45) is 0 Å². The Morgan fingerprint density at radius 2 is 1.76 bits per heavy atom. The van der Waals surface area contributed by atoms with Gasteiger partial charge >= 0.3 is 0 Å². The van der Waals surface area contributed by atoms with E-state index in [1.54, 1.807) is 7.11 Å². The molecule has 21 heavy (non-hydrogen) atoms. The van der Waals surface area contributed by atoms with Gasteiger partial charge in [-0.25, -0.2) is 0 Å². The molecule has 4 heteroatoms. The molecule has 0 bridgehead atoms. The summed E-state index contributed by atoms with van der Waals surface area (Å²) in [5.74, 6) is 2.50. The molecule has 0 amide bonds. The second-order valence-corrected chi connectivity index (χ2v) is 4.77. The first-order valence-corrected chi connectivity index (χ1v) is 6.99. The summed E-state index contributed by atoms with van der Waals surface area (Å²) in [5.41, 5.74) is 7.70. The number of methoxy groups -OCH3 is 1. The molecule has 0 radical (unpaired) electrons. The molecule has 0 spiro atoms. The standard InChI is InChI=1S/C17H21NO3/c1-4-10-20-14-6-5-7-15(17(14)18)21-13-9-8-12(2)11-16(13)19-3/h5-9,11H,4,10,18H2,1-3H3. The van der Waals surface area contributed by atoms with Crippen molar-refractivity contribution in [2.75, 3.05) is 19.5 Å². The number of anilines is 1. The van der Waals surface area contributed by atoms with Crippen molar-refractivity contribution in [3.63, 3.8) is 0 Å². The lowest BCUT2D eigenvalue weighted by molar-refractivity contribution is 0.317. The monoisotopic (exact) mass is 287 g/mol. The number of nitrogens with two attached hydrogens (primary N) is 1. The molecule has 4 nitrogen and oxygen atoms in total. The van der Waals surface area contributed by atoms with Gasteiger partial charge in [0.1, 0.15) is 11.4 Å². The Labute approximate surface area is 125 Å². The van der Waals surface area contributed by atoms with Gasteiger partial charge in [0.25, 0.3) is 0 Å². The highest BCUT2D eigenvalue weighted by atomic mass is 16.5. The summed E-state index contributed by atoms with van der Waals surface area (Å²) >= 11 is 0. The van der Waals surface area contributed by atoms with Gasteiger partial charge < -0.3 is 19.9 Å². The Bertz CT molecular complexity index is 611. The van der Waals surface area contributed by atoms with Crippen LogP contribution >= 0.6 is 0 Å². The third-order valence-electron chi connectivity index (χ3n) is 3.03. The third-order valence-corrected chi connectivity index (χ3v) is 3.03. The Morgan fingerprint density at radius 3 is 2.48 bits per heavy atom. The average molecular weight is 287 g/mol. The molecule has 0 atom stereocenters. The maximum atomic E-state index is 6.10. The minimum Gasteiger partial charge on any atom is -0.493 e. The zero-order valence-electron chi connectivity index (χ0n) is 12.7. The smallest absolute Gasteiger partial charge is 0.169 e. The molecule has 0 aliphatic carbocycles. The number of ether oxygens (including phenoxy) is 3. The van der Waals surface area contributed by atoms with Gasteiger partial charge in [0.05, 0.1) is 13.7 Å². The lowest BCUT2D eigenvalue weighted by Crippen LogP contribution is -2.01. The van der Waals surface area contributed by atoms with E-state index in [1.165, 1.54) is 0 Å². The molecule has 2 rings (SSSR count). The lowest BCUT2D eigenvalue weighted by atomic mass is 10.2. The second-order valence-electron chi connectivity index (χ2n) is 4.77. The first-order valence-electron chi connectivity index (χ1n) is 6.99. The van der Waals surface area contributed by atoms with E-state index in [4.69, 9.17) is 19.9 Å². The van der Waals surface area contributed by atoms with Gasteiger partial charge in [0.15, 0.2) is 17.2 Å². The molecular formula is C17H21NO3. The fraction of sp³-hybridized carbons (Fsp3) is 0.294. The number of nitrogen functional groups attached to an aromatic ring is 1. The molecule has 0 aromatic heterocycles. The lowest BCUT2D eigenvalue weighted by Gasteiger charge is -2.14. The predicted molar refractivity (Wildman–Crippen MR) is 84.4 cm³/mol. The van der Waals surface area contributed by atoms with Crippen molar-refractivity contribution in [1.29, 1.82) is 0 Å². The Hall–Kier alpha value is -2.36. The highest BCUT2D eigenvalue weighted by Crippen LogP contribution is 2.38. The number of para-hydroxylation sites is 1. The van der Waals surface area contributed by atoms with Crippen molar-refractivity contribution in [3.8, 4) is 23.0 Å². The van der Waals surface area contributed by atoms with E-state index in [2.05, 4.69) is 0 Å². The SMILES string of the molecule is CCCOc1cccc(Oc2ccc(C)cc2OC)c1N. The van der Waals surface area contributed by atoms with Crippen LogP contribution in [-0.2, 0) is 0 Å². The quantitative estimate of drug-likeness (QED) is 0.810. The minimum absolute atomic E-state index is 0.494. The average Bonchev–Trinajstić information content (AvgIpc) is 2.49. The number of hydrogen-bond donors (Lipinski definition) is 1. The molecule has 2 aromatic rings. The molecule has 0 fully saturated rings. The van der Waals surface area contributed by atoms with Crippen molar-refractivity contribution >= 4 is 5.69 Å². The number of aryl methyl sites for hydroxylation is 1. The summed E-state index contributed by atoms with van der Waals surface area (Å²) in [6.45, 7) is 4.68. The van der Waals surface area contributed by atoms with Gasteiger partial charge in [0.2, 0.25) is 0 Å². The van der Waals surface area contributed by atoms with Gasteiger partial charge in [-0.15, -0.1) is 0 Å². The van der Waals surface area contributed by atoms with Gasteiger partial charge in [-0.2, -0.15) is 0 Å². The Morgan fingerprint density at radius 1 is 1.00 bits per heavy atom. The fourth-order valence-electron chi connectivity index (χ4n) is 1.93.